The Morgan fingerprint density at radius 1 is 1.25 bits per heavy atom. The fourth-order valence-corrected chi connectivity index (χ4v) is 2.83. The maximum atomic E-state index is 13.5. The van der Waals surface area contributed by atoms with Crippen molar-refractivity contribution in [3.8, 4) is 0 Å². The van der Waals surface area contributed by atoms with Crippen molar-refractivity contribution in [3.05, 3.63) is 34.9 Å². The zero-order valence-corrected chi connectivity index (χ0v) is 9.52. The van der Waals surface area contributed by atoms with Gasteiger partial charge in [0.1, 0.15) is 11.6 Å². The molecule has 0 aromatic heterocycles. The minimum absolute atomic E-state index is 0.201. The molecule has 3 heteroatoms. The van der Waals surface area contributed by atoms with Crippen molar-refractivity contribution in [1.82, 2.24) is 0 Å². The van der Waals surface area contributed by atoms with Crippen LogP contribution in [-0.4, -0.2) is 6.54 Å². The minimum Gasteiger partial charge on any atom is -0.330 e. The Morgan fingerprint density at radius 3 is 2.44 bits per heavy atom. The molecule has 0 atom stereocenters. The van der Waals surface area contributed by atoms with Crippen LogP contribution >= 0.6 is 0 Å². The Balaban J connectivity index is 2.53. The van der Waals surface area contributed by atoms with Crippen molar-refractivity contribution < 1.29 is 8.78 Å². The average Bonchev–Trinajstić information content (AvgIpc) is 2.73. The van der Waals surface area contributed by atoms with Gasteiger partial charge in [-0.3, -0.25) is 0 Å². The maximum Gasteiger partial charge on any atom is 0.129 e. The van der Waals surface area contributed by atoms with Gasteiger partial charge in [-0.1, -0.05) is 12.8 Å². The number of hydrogen-bond donors (Lipinski definition) is 1. The highest BCUT2D eigenvalue weighted by Crippen LogP contribution is 2.42. The standard InChI is InChI=1S/C13H17F2N/c1-9-11(6-10(14)7-12(9)15)13(8-16)4-2-3-5-13/h6-7H,2-5,8,16H2,1H3. The number of rotatable bonds is 2. The van der Waals surface area contributed by atoms with Crippen molar-refractivity contribution in [2.45, 2.75) is 38.0 Å². The van der Waals surface area contributed by atoms with Crippen molar-refractivity contribution in [1.29, 1.82) is 0 Å². The van der Waals surface area contributed by atoms with E-state index in [2.05, 4.69) is 0 Å². The van der Waals surface area contributed by atoms with Gasteiger partial charge in [-0.15, -0.1) is 0 Å². The van der Waals surface area contributed by atoms with E-state index in [0.29, 0.717) is 12.1 Å². The minimum atomic E-state index is -0.502. The second-order valence-corrected chi connectivity index (χ2v) is 4.75. The van der Waals surface area contributed by atoms with E-state index in [0.717, 1.165) is 37.3 Å². The van der Waals surface area contributed by atoms with Gasteiger partial charge in [-0.25, -0.2) is 8.78 Å². The lowest BCUT2D eigenvalue weighted by atomic mass is 9.77. The Hall–Kier alpha value is -0.960. The molecule has 1 aliphatic carbocycles. The summed E-state index contributed by atoms with van der Waals surface area (Å²) in [5.41, 5.74) is 6.94. The molecule has 1 aliphatic rings. The summed E-state index contributed by atoms with van der Waals surface area (Å²) in [6.45, 7) is 2.18. The van der Waals surface area contributed by atoms with E-state index in [4.69, 9.17) is 5.73 Å². The van der Waals surface area contributed by atoms with E-state index >= 15 is 0 Å². The van der Waals surface area contributed by atoms with Gasteiger partial charge in [0.05, 0.1) is 0 Å². The van der Waals surface area contributed by atoms with Crippen LogP contribution in [0.4, 0.5) is 8.78 Å². The van der Waals surface area contributed by atoms with E-state index < -0.39 is 11.6 Å². The molecule has 1 nitrogen and oxygen atoms in total. The molecule has 2 N–H and O–H groups in total. The molecule has 0 unspecified atom stereocenters. The molecule has 88 valence electrons. The zero-order chi connectivity index (χ0) is 11.8. The van der Waals surface area contributed by atoms with Crippen molar-refractivity contribution in [2.75, 3.05) is 6.54 Å². The van der Waals surface area contributed by atoms with E-state index in [-0.39, 0.29) is 5.41 Å². The molecule has 0 saturated heterocycles. The molecular weight excluding hydrogens is 208 g/mol. The first-order valence-electron chi connectivity index (χ1n) is 5.75. The van der Waals surface area contributed by atoms with E-state index in [1.54, 1.807) is 6.92 Å². The lowest BCUT2D eigenvalue weighted by Crippen LogP contribution is -2.33. The van der Waals surface area contributed by atoms with Crippen molar-refractivity contribution in [3.63, 3.8) is 0 Å². The van der Waals surface area contributed by atoms with Gasteiger partial charge in [0.25, 0.3) is 0 Å². The third-order valence-electron chi connectivity index (χ3n) is 3.83. The van der Waals surface area contributed by atoms with E-state index in [1.807, 2.05) is 0 Å². The monoisotopic (exact) mass is 225 g/mol. The predicted molar refractivity (Wildman–Crippen MR) is 60.3 cm³/mol. The van der Waals surface area contributed by atoms with Crippen LogP contribution in [0.15, 0.2) is 12.1 Å². The maximum absolute atomic E-state index is 13.5. The second-order valence-electron chi connectivity index (χ2n) is 4.75. The summed E-state index contributed by atoms with van der Waals surface area (Å²) >= 11 is 0. The van der Waals surface area contributed by atoms with Crippen LogP contribution in [0.25, 0.3) is 0 Å². The summed E-state index contributed by atoms with van der Waals surface area (Å²) in [4.78, 5) is 0. The lowest BCUT2D eigenvalue weighted by Gasteiger charge is -2.29. The average molecular weight is 225 g/mol. The van der Waals surface area contributed by atoms with Gasteiger partial charge in [0.15, 0.2) is 0 Å². The van der Waals surface area contributed by atoms with E-state index in [9.17, 15) is 8.78 Å². The molecule has 0 aliphatic heterocycles. The van der Waals surface area contributed by atoms with Gasteiger partial charge in [0, 0.05) is 18.0 Å². The van der Waals surface area contributed by atoms with Crippen LogP contribution in [0.3, 0.4) is 0 Å². The SMILES string of the molecule is Cc1c(F)cc(F)cc1C1(CN)CCCC1. The summed E-state index contributed by atoms with van der Waals surface area (Å²) in [5, 5.41) is 0. The molecule has 1 fully saturated rings. The van der Waals surface area contributed by atoms with Crippen LogP contribution in [0.5, 0.6) is 0 Å². The Bertz CT molecular complexity index is 395. The molecule has 16 heavy (non-hydrogen) atoms. The number of hydrogen-bond acceptors (Lipinski definition) is 1. The molecule has 0 radical (unpaired) electrons. The fourth-order valence-electron chi connectivity index (χ4n) is 2.83. The molecule has 0 spiro atoms. The predicted octanol–water partition coefficient (Wildman–Crippen LogP) is 3.04. The van der Waals surface area contributed by atoms with Crippen LogP contribution in [-0.2, 0) is 5.41 Å². The van der Waals surface area contributed by atoms with E-state index in [1.165, 1.54) is 6.07 Å². The molecule has 0 bridgehead atoms. The number of benzene rings is 1. The van der Waals surface area contributed by atoms with Gasteiger partial charge in [0.2, 0.25) is 0 Å². The van der Waals surface area contributed by atoms with Gasteiger partial charge in [-0.2, -0.15) is 0 Å². The quantitative estimate of drug-likeness (QED) is 0.822. The highest BCUT2D eigenvalue weighted by Gasteiger charge is 2.36. The number of halogens is 2. The largest absolute Gasteiger partial charge is 0.330 e. The van der Waals surface area contributed by atoms with Gasteiger partial charge < -0.3 is 5.73 Å². The highest BCUT2D eigenvalue weighted by molar-refractivity contribution is 5.36. The normalized spacial score (nSPS) is 19.0. The third kappa shape index (κ3) is 1.73. The fraction of sp³-hybridized carbons (Fsp3) is 0.538. The number of nitrogens with two attached hydrogens (primary N) is 1. The molecular formula is C13H17F2N. The summed E-state index contributed by atoms with van der Waals surface area (Å²) in [5.74, 6) is -0.965. The first-order valence-corrected chi connectivity index (χ1v) is 5.75. The Kier molecular flexibility index (Phi) is 2.98. The Labute approximate surface area is 94.7 Å². The third-order valence-corrected chi connectivity index (χ3v) is 3.83. The molecule has 0 heterocycles. The molecule has 1 saturated carbocycles. The second kappa shape index (κ2) is 4.13. The summed E-state index contributed by atoms with van der Waals surface area (Å²) < 4.78 is 26.8. The van der Waals surface area contributed by atoms with Crippen molar-refractivity contribution in [2.24, 2.45) is 5.73 Å². The summed E-state index contributed by atoms with van der Waals surface area (Å²) in [7, 11) is 0. The summed E-state index contributed by atoms with van der Waals surface area (Å²) in [6.07, 6.45) is 4.06. The zero-order valence-electron chi connectivity index (χ0n) is 9.52. The highest BCUT2D eigenvalue weighted by atomic mass is 19.1. The van der Waals surface area contributed by atoms with Crippen LogP contribution in [0.1, 0.15) is 36.8 Å². The molecule has 1 aromatic carbocycles. The van der Waals surface area contributed by atoms with Crippen molar-refractivity contribution >= 4 is 0 Å². The van der Waals surface area contributed by atoms with Gasteiger partial charge >= 0.3 is 0 Å². The molecule has 0 amide bonds. The first kappa shape index (κ1) is 11.5. The lowest BCUT2D eigenvalue weighted by molar-refractivity contribution is 0.441. The summed E-state index contributed by atoms with van der Waals surface area (Å²) in [6, 6.07) is 2.40. The molecule has 2 rings (SSSR count). The van der Waals surface area contributed by atoms with Crippen LogP contribution in [0.2, 0.25) is 0 Å². The smallest absolute Gasteiger partial charge is 0.129 e. The van der Waals surface area contributed by atoms with Crippen LogP contribution < -0.4 is 5.73 Å². The Morgan fingerprint density at radius 2 is 1.88 bits per heavy atom. The topological polar surface area (TPSA) is 26.0 Å². The molecule has 1 aromatic rings. The first-order chi connectivity index (χ1) is 7.59. The van der Waals surface area contributed by atoms with Crippen LogP contribution in [0, 0.1) is 18.6 Å². The van der Waals surface area contributed by atoms with Gasteiger partial charge in [-0.05, 0) is 37.0 Å².